The van der Waals surface area contributed by atoms with Gasteiger partial charge in [-0.25, -0.2) is 22.7 Å². The van der Waals surface area contributed by atoms with Crippen molar-refractivity contribution in [2.24, 2.45) is 15.7 Å². The van der Waals surface area contributed by atoms with Gasteiger partial charge in [-0.1, -0.05) is 12.1 Å². The molecule has 3 heterocycles. The summed E-state index contributed by atoms with van der Waals surface area (Å²) >= 11 is 0. The zero-order valence-corrected chi connectivity index (χ0v) is 22.6. The van der Waals surface area contributed by atoms with Crippen LogP contribution in [0.4, 0.5) is 13.2 Å². The van der Waals surface area contributed by atoms with Gasteiger partial charge >= 0.3 is 0 Å². The Morgan fingerprint density at radius 1 is 1.00 bits per heavy atom. The molecule has 0 fully saturated rings. The van der Waals surface area contributed by atoms with Crippen LogP contribution in [0, 0.1) is 17.5 Å². The van der Waals surface area contributed by atoms with Gasteiger partial charge in [-0.3, -0.25) is 9.98 Å². The number of halogens is 3. The molecule has 2 unspecified atom stereocenters. The topological polar surface area (TPSA) is 113 Å². The number of hydrogen-bond donors (Lipinski definition) is 3. The lowest BCUT2D eigenvalue weighted by Gasteiger charge is -2.29. The highest BCUT2D eigenvalue weighted by atomic mass is 19.1. The van der Waals surface area contributed by atoms with Crippen LogP contribution in [0.1, 0.15) is 24.1 Å². The van der Waals surface area contributed by atoms with Gasteiger partial charge in [-0.15, -0.1) is 0 Å². The molecule has 5 rings (SSSR count). The average Bonchev–Trinajstić information content (AvgIpc) is 3.38. The first-order valence-corrected chi connectivity index (χ1v) is 13.1. The summed E-state index contributed by atoms with van der Waals surface area (Å²) in [6.45, 7) is 1.53. The fourth-order valence-electron chi connectivity index (χ4n) is 4.75. The third-order valence-corrected chi connectivity index (χ3v) is 6.96. The number of nitrogens with zero attached hydrogens (tertiary/aromatic N) is 5. The van der Waals surface area contributed by atoms with Crippen LogP contribution in [-0.4, -0.2) is 45.5 Å². The SMILES string of the molecule is CC(NCC(O)(CN=CN=CN)c1ccc(F)cc1F)c1ccc2c(-c3ccncc3)c(-c3ccc(F)cc3)nn2c1. The van der Waals surface area contributed by atoms with Crippen LogP contribution in [0.15, 0.2) is 95.3 Å². The molecule has 5 aromatic rings. The fourth-order valence-corrected chi connectivity index (χ4v) is 4.75. The highest BCUT2D eigenvalue weighted by Gasteiger charge is 2.33. The number of benzene rings is 2. The largest absolute Gasteiger partial charge is 0.390 e. The van der Waals surface area contributed by atoms with Crippen LogP contribution in [0.25, 0.3) is 27.9 Å². The smallest absolute Gasteiger partial charge is 0.132 e. The maximum Gasteiger partial charge on any atom is 0.132 e. The van der Waals surface area contributed by atoms with Gasteiger partial charge < -0.3 is 16.2 Å². The first kappa shape index (κ1) is 28.7. The van der Waals surface area contributed by atoms with E-state index in [0.717, 1.165) is 52.6 Å². The Balaban J connectivity index is 1.47. The van der Waals surface area contributed by atoms with Gasteiger partial charge in [-0.05, 0) is 66.6 Å². The number of aliphatic imine (C=N–C) groups is 2. The molecule has 2 atom stereocenters. The van der Waals surface area contributed by atoms with Crippen molar-refractivity contribution in [1.82, 2.24) is 19.9 Å². The molecule has 0 spiro atoms. The van der Waals surface area contributed by atoms with Crippen molar-refractivity contribution in [2.45, 2.75) is 18.6 Å². The first-order chi connectivity index (χ1) is 20.3. The van der Waals surface area contributed by atoms with Crippen LogP contribution in [0.2, 0.25) is 0 Å². The Hall–Kier alpha value is -4.87. The Morgan fingerprint density at radius 2 is 1.74 bits per heavy atom. The minimum atomic E-state index is -1.81. The number of nitrogens with two attached hydrogens (primary N) is 1. The van der Waals surface area contributed by atoms with E-state index < -0.39 is 17.2 Å². The highest BCUT2D eigenvalue weighted by molar-refractivity contribution is 5.92. The molecule has 0 aliphatic rings. The predicted molar refractivity (Wildman–Crippen MR) is 157 cm³/mol. The van der Waals surface area contributed by atoms with Crippen molar-refractivity contribution in [2.75, 3.05) is 13.1 Å². The van der Waals surface area contributed by atoms with E-state index in [9.17, 15) is 18.3 Å². The van der Waals surface area contributed by atoms with E-state index in [2.05, 4.69) is 20.3 Å². The Bertz CT molecular complexity index is 1740. The van der Waals surface area contributed by atoms with Crippen molar-refractivity contribution in [3.63, 3.8) is 0 Å². The lowest BCUT2D eigenvalue weighted by Crippen LogP contribution is -2.42. The molecule has 0 bridgehead atoms. The minimum Gasteiger partial charge on any atom is -0.390 e. The highest BCUT2D eigenvalue weighted by Crippen LogP contribution is 2.35. The van der Waals surface area contributed by atoms with E-state index in [0.29, 0.717) is 5.69 Å². The quantitative estimate of drug-likeness (QED) is 0.161. The third kappa shape index (κ3) is 6.07. The molecule has 2 aromatic carbocycles. The summed E-state index contributed by atoms with van der Waals surface area (Å²) in [7, 11) is 0. The lowest BCUT2D eigenvalue weighted by molar-refractivity contribution is 0.0404. The molecule has 0 saturated heterocycles. The Kier molecular flexibility index (Phi) is 8.41. The second kappa shape index (κ2) is 12.3. The number of aromatic nitrogens is 3. The van der Waals surface area contributed by atoms with Crippen LogP contribution in [0.5, 0.6) is 0 Å². The second-order valence-electron chi connectivity index (χ2n) is 9.77. The standard InChI is InChI=1S/C31H28F3N7O/c1-20(39-17-31(42,16-37-19-38-18-35)26-8-7-25(33)14-27(26)34)23-4-9-28-29(21-10-12-36-13-11-21)30(40-41(28)15-23)22-2-5-24(32)6-3-22/h2-15,18-20,39,42H,16-17H2,1H3,(H2,35,37,38). The summed E-state index contributed by atoms with van der Waals surface area (Å²) in [6, 6.07) is 16.5. The first-order valence-electron chi connectivity index (χ1n) is 13.1. The van der Waals surface area contributed by atoms with Gasteiger partial charge in [0.15, 0.2) is 0 Å². The number of aliphatic hydroxyl groups is 1. The molecule has 3 aromatic heterocycles. The van der Waals surface area contributed by atoms with E-state index in [1.807, 2.05) is 37.4 Å². The van der Waals surface area contributed by atoms with Crippen LogP contribution < -0.4 is 11.1 Å². The second-order valence-corrected chi connectivity index (χ2v) is 9.77. The van der Waals surface area contributed by atoms with Gasteiger partial charge in [0, 0.05) is 53.9 Å². The fraction of sp³-hybridized carbons (Fsp3) is 0.161. The maximum atomic E-state index is 14.7. The van der Waals surface area contributed by atoms with E-state index in [4.69, 9.17) is 10.8 Å². The zero-order valence-electron chi connectivity index (χ0n) is 22.6. The molecule has 0 amide bonds. The molecule has 0 radical (unpaired) electrons. The van der Waals surface area contributed by atoms with Gasteiger partial charge in [-0.2, -0.15) is 5.10 Å². The van der Waals surface area contributed by atoms with Gasteiger partial charge in [0.05, 0.1) is 18.4 Å². The summed E-state index contributed by atoms with van der Waals surface area (Å²) in [5, 5.41) is 19.5. The predicted octanol–water partition coefficient (Wildman–Crippen LogP) is 5.03. The van der Waals surface area contributed by atoms with E-state index in [-0.39, 0.29) is 30.5 Å². The van der Waals surface area contributed by atoms with Crippen molar-refractivity contribution >= 4 is 18.2 Å². The molecular weight excluding hydrogens is 543 g/mol. The average molecular weight is 572 g/mol. The number of hydrogen-bond acceptors (Lipinski definition) is 5. The molecule has 0 saturated carbocycles. The molecular formula is C31H28F3N7O. The molecule has 0 aliphatic heterocycles. The number of nitrogens with one attached hydrogen (secondary N) is 1. The monoisotopic (exact) mass is 571 g/mol. The van der Waals surface area contributed by atoms with Crippen molar-refractivity contribution < 1.29 is 18.3 Å². The van der Waals surface area contributed by atoms with E-state index in [1.165, 1.54) is 18.2 Å². The van der Waals surface area contributed by atoms with E-state index >= 15 is 0 Å². The van der Waals surface area contributed by atoms with Gasteiger partial charge in [0.1, 0.15) is 35.1 Å². The summed E-state index contributed by atoms with van der Waals surface area (Å²) in [4.78, 5) is 11.8. The number of rotatable bonds is 10. The number of fused-ring (bicyclic) bond motifs is 1. The van der Waals surface area contributed by atoms with Crippen LogP contribution in [0.3, 0.4) is 0 Å². The Labute approximate surface area is 240 Å². The lowest BCUT2D eigenvalue weighted by atomic mass is 9.92. The van der Waals surface area contributed by atoms with Crippen LogP contribution >= 0.6 is 0 Å². The van der Waals surface area contributed by atoms with Crippen molar-refractivity contribution in [1.29, 1.82) is 0 Å². The number of pyridine rings is 2. The zero-order chi connectivity index (χ0) is 29.7. The van der Waals surface area contributed by atoms with Gasteiger partial charge in [0.25, 0.3) is 0 Å². The molecule has 11 heteroatoms. The van der Waals surface area contributed by atoms with Crippen molar-refractivity contribution in [3.05, 3.63) is 114 Å². The van der Waals surface area contributed by atoms with Crippen molar-refractivity contribution in [3.8, 4) is 22.4 Å². The summed E-state index contributed by atoms with van der Waals surface area (Å²) < 4.78 is 43.7. The maximum absolute atomic E-state index is 14.7. The van der Waals surface area contributed by atoms with Crippen LogP contribution in [-0.2, 0) is 5.60 Å². The molecule has 8 nitrogen and oxygen atoms in total. The Morgan fingerprint density at radius 3 is 2.45 bits per heavy atom. The molecule has 4 N–H and O–H groups in total. The molecule has 42 heavy (non-hydrogen) atoms. The summed E-state index contributed by atoms with van der Waals surface area (Å²) in [5.74, 6) is -1.98. The molecule has 0 aliphatic carbocycles. The minimum absolute atomic E-state index is 0.106. The summed E-state index contributed by atoms with van der Waals surface area (Å²) in [5.41, 5.74) is 8.18. The van der Waals surface area contributed by atoms with E-state index in [1.54, 1.807) is 29.0 Å². The summed E-state index contributed by atoms with van der Waals surface area (Å²) in [6.07, 6.45) is 7.45. The molecule has 214 valence electrons. The third-order valence-electron chi connectivity index (χ3n) is 6.96. The van der Waals surface area contributed by atoms with Gasteiger partial charge in [0.2, 0.25) is 0 Å². The normalized spacial score (nSPS) is 14.1.